The number of aromatic nitrogens is 2. The largest absolute Gasteiger partial charge is 0.378 e. The van der Waals surface area contributed by atoms with Crippen LogP contribution in [-0.4, -0.2) is 36.3 Å². The van der Waals surface area contributed by atoms with Crippen LogP contribution >= 0.6 is 0 Å². The zero-order valence-electron chi connectivity index (χ0n) is 13.5. The van der Waals surface area contributed by atoms with E-state index in [1.54, 1.807) is 0 Å². The van der Waals surface area contributed by atoms with Gasteiger partial charge in [-0.25, -0.2) is 4.98 Å². The van der Waals surface area contributed by atoms with E-state index < -0.39 is 0 Å². The molecule has 1 aliphatic rings. The molecule has 24 heavy (non-hydrogen) atoms. The molecule has 120 valence electrons. The first-order valence-corrected chi connectivity index (χ1v) is 8.08. The van der Waals surface area contributed by atoms with Crippen LogP contribution in [-0.2, 0) is 4.74 Å². The molecule has 0 bridgehead atoms. The third-order valence-corrected chi connectivity index (χ3v) is 4.40. The van der Waals surface area contributed by atoms with E-state index in [0.29, 0.717) is 5.56 Å². The number of nitriles is 1. The van der Waals surface area contributed by atoms with Gasteiger partial charge in [-0.15, -0.1) is 0 Å². The molecule has 0 radical (unpaired) electrons. The molecule has 5 nitrogen and oxygen atoms in total. The summed E-state index contributed by atoms with van der Waals surface area (Å²) in [5, 5.41) is 10.3. The first-order chi connectivity index (χ1) is 11.8. The minimum atomic E-state index is 0.662. The zero-order valence-corrected chi connectivity index (χ0v) is 13.5. The summed E-state index contributed by atoms with van der Waals surface area (Å²) < 4.78 is 5.49. The minimum absolute atomic E-state index is 0.662. The van der Waals surface area contributed by atoms with Crippen LogP contribution in [0.1, 0.15) is 11.3 Å². The normalized spacial score (nSPS) is 14.8. The standard InChI is InChI=1S/C19H18N4O/c1-13-9-17(23-5-7-24-8-6-23)18-16(12-21-19(18)22-13)15-4-2-3-14(10-15)11-20/h2-4,9-10,12H,5-8H2,1H3,(H,21,22). The molecule has 1 aliphatic heterocycles. The van der Waals surface area contributed by atoms with Gasteiger partial charge in [0.25, 0.3) is 0 Å². The predicted molar refractivity (Wildman–Crippen MR) is 94.0 cm³/mol. The topological polar surface area (TPSA) is 64.9 Å². The second-order valence-corrected chi connectivity index (χ2v) is 6.00. The number of fused-ring (bicyclic) bond motifs is 1. The molecule has 0 unspecified atom stereocenters. The second kappa shape index (κ2) is 5.99. The van der Waals surface area contributed by atoms with Gasteiger partial charge in [-0.1, -0.05) is 12.1 Å². The number of nitrogens with zero attached hydrogens (tertiary/aromatic N) is 3. The minimum Gasteiger partial charge on any atom is -0.378 e. The Morgan fingerprint density at radius 2 is 2.08 bits per heavy atom. The summed E-state index contributed by atoms with van der Waals surface area (Å²) in [6.45, 7) is 5.25. The van der Waals surface area contributed by atoms with Gasteiger partial charge in [0, 0.05) is 35.9 Å². The van der Waals surface area contributed by atoms with Crippen molar-refractivity contribution in [1.82, 2.24) is 9.97 Å². The van der Waals surface area contributed by atoms with Crippen molar-refractivity contribution in [2.45, 2.75) is 6.92 Å². The Morgan fingerprint density at radius 1 is 1.25 bits per heavy atom. The van der Waals surface area contributed by atoms with Crippen molar-refractivity contribution in [2.75, 3.05) is 31.2 Å². The van der Waals surface area contributed by atoms with Crippen molar-refractivity contribution in [1.29, 1.82) is 5.26 Å². The summed E-state index contributed by atoms with van der Waals surface area (Å²) in [5.74, 6) is 0. The van der Waals surface area contributed by atoms with Crippen molar-refractivity contribution in [3.05, 3.63) is 47.8 Å². The number of hydrogen-bond donors (Lipinski definition) is 1. The van der Waals surface area contributed by atoms with E-state index in [4.69, 9.17) is 4.74 Å². The average Bonchev–Trinajstić information content (AvgIpc) is 3.05. The lowest BCUT2D eigenvalue weighted by atomic mass is 10.0. The van der Waals surface area contributed by atoms with E-state index in [0.717, 1.165) is 54.2 Å². The van der Waals surface area contributed by atoms with Crippen LogP contribution in [0, 0.1) is 18.3 Å². The number of aryl methyl sites for hydroxylation is 1. The van der Waals surface area contributed by atoms with Gasteiger partial charge in [-0.2, -0.15) is 5.26 Å². The Labute approximate surface area is 140 Å². The fourth-order valence-corrected chi connectivity index (χ4v) is 3.28. The van der Waals surface area contributed by atoms with Gasteiger partial charge in [-0.3, -0.25) is 0 Å². The van der Waals surface area contributed by atoms with Crippen LogP contribution in [0.2, 0.25) is 0 Å². The number of H-pyrrole nitrogens is 1. The third-order valence-electron chi connectivity index (χ3n) is 4.40. The Hall–Kier alpha value is -2.84. The van der Waals surface area contributed by atoms with Crippen LogP contribution < -0.4 is 4.90 Å². The highest BCUT2D eigenvalue weighted by Gasteiger charge is 2.19. The van der Waals surface area contributed by atoms with E-state index >= 15 is 0 Å². The summed E-state index contributed by atoms with van der Waals surface area (Å²) in [7, 11) is 0. The molecule has 1 fully saturated rings. The van der Waals surface area contributed by atoms with Crippen molar-refractivity contribution in [2.24, 2.45) is 0 Å². The summed E-state index contributed by atoms with van der Waals surface area (Å²) >= 11 is 0. The molecule has 0 saturated carbocycles. The van der Waals surface area contributed by atoms with E-state index in [-0.39, 0.29) is 0 Å². The second-order valence-electron chi connectivity index (χ2n) is 6.00. The van der Waals surface area contributed by atoms with Gasteiger partial charge >= 0.3 is 0 Å². The fourth-order valence-electron chi connectivity index (χ4n) is 3.28. The number of hydrogen-bond acceptors (Lipinski definition) is 4. The molecule has 0 amide bonds. The van der Waals surface area contributed by atoms with Gasteiger partial charge in [0.15, 0.2) is 0 Å². The smallest absolute Gasteiger partial charge is 0.140 e. The highest BCUT2D eigenvalue weighted by molar-refractivity contribution is 6.03. The molecule has 5 heteroatoms. The molecule has 0 atom stereocenters. The quantitative estimate of drug-likeness (QED) is 0.788. The van der Waals surface area contributed by atoms with E-state index in [1.807, 2.05) is 37.4 Å². The Kier molecular flexibility index (Phi) is 3.68. The monoisotopic (exact) mass is 318 g/mol. The van der Waals surface area contributed by atoms with Gasteiger partial charge in [-0.05, 0) is 30.7 Å². The number of rotatable bonds is 2. The van der Waals surface area contributed by atoms with Crippen molar-refractivity contribution in [3.8, 4) is 17.2 Å². The molecule has 0 spiro atoms. The van der Waals surface area contributed by atoms with Gasteiger partial charge in [0.1, 0.15) is 5.65 Å². The number of pyridine rings is 1. The number of nitrogens with one attached hydrogen (secondary N) is 1. The molecule has 2 aromatic heterocycles. The first kappa shape index (κ1) is 14.7. The Morgan fingerprint density at radius 3 is 2.88 bits per heavy atom. The number of anilines is 1. The maximum Gasteiger partial charge on any atom is 0.140 e. The maximum atomic E-state index is 9.18. The molecule has 3 heterocycles. The lowest BCUT2D eigenvalue weighted by molar-refractivity contribution is 0.123. The summed E-state index contributed by atoms with van der Waals surface area (Å²) in [4.78, 5) is 10.3. The van der Waals surface area contributed by atoms with Gasteiger partial charge in [0.05, 0.1) is 30.5 Å². The number of aromatic amines is 1. The molecule has 0 aliphatic carbocycles. The number of morpholine rings is 1. The molecule has 3 aromatic rings. The third kappa shape index (κ3) is 2.51. The molecular weight excluding hydrogens is 300 g/mol. The van der Waals surface area contributed by atoms with Crippen LogP contribution in [0.25, 0.3) is 22.2 Å². The summed E-state index contributed by atoms with van der Waals surface area (Å²) in [6.07, 6.45) is 1.98. The number of benzene rings is 1. The lowest BCUT2D eigenvalue weighted by Gasteiger charge is -2.30. The van der Waals surface area contributed by atoms with E-state index in [9.17, 15) is 5.26 Å². The average molecular weight is 318 g/mol. The SMILES string of the molecule is Cc1cc(N2CCOCC2)c2c(-c3cccc(C#N)c3)c[nH]c2n1. The van der Waals surface area contributed by atoms with Crippen molar-refractivity contribution >= 4 is 16.7 Å². The molecule has 1 aromatic carbocycles. The van der Waals surface area contributed by atoms with E-state index in [2.05, 4.69) is 27.0 Å². The van der Waals surface area contributed by atoms with Crippen LogP contribution in [0.15, 0.2) is 36.5 Å². The van der Waals surface area contributed by atoms with Crippen LogP contribution in [0.3, 0.4) is 0 Å². The van der Waals surface area contributed by atoms with Gasteiger partial charge < -0.3 is 14.6 Å². The lowest BCUT2D eigenvalue weighted by Crippen LogP contribution is -2.36. The van der Waals surface area contributed by atoms with Crippen LogP contribution in [0.4, 0.5) is 5.69 Å². The Balaban J connectivity index is 1.92. The first-order valence-electron chi connectivity index (χ1n) is 8.08. The molecule has 1 saturated heterocycles. The van der Waals surface area contributed by atoms with Gasteiger partial charge in [0.2, 0.25) is 0 Å². The fraction of sp³-hybridized carbons (Fsp3) is 0.263. The molecule has 1 N–H and O–H groups in total. The van der Waals surface area contributed by atoms with Crippen molar-refractivity contribution < 1.29 is 4.74 Å². The number of ether oxygens (including phenoxy) is 1. The van der Waals surface area contributed by atoms with E-state index in [1.165, 1.54) is 5.69 Å². The summed E-state index contributed by atoms with van der Waals surface area (Å²) in [5.41, 5.74) is 5.82. The summed E-state index contributed by atoms with van der Waals surface area (Å²) in [6, 6.07) is 12.0. The van der Waals surface area contributed by atoms with Crippen molar-refractivity contribution in [3.63, 3.8) is 0 Å². The maximum absolute atomic E-state index is 9.18. The zero-order chi connectivity index (χ0) is 16.5. The molecule has 4 rings (SSSR count). The Bertz CT molecular complexity index is 932. The molecular formula is C19H18N4O. The highest BCUT2D eigenvalue weighted by Crippen LogP contribution is 2.36. The highest BCUT2D eigenvalue weighted by atomic mass is 16.5. The predicted octanol–water partition coefficient (Wildman–Crippen LogP) is 3.25. The van der Waals surface area contributed by atoms with Crippen LogP contribution in [0.5, 0.6) is 0 Å².